The first-order valence-electron chi connectivity index (χ1n) is 13.5. The van der Waals surface area contributed by atoms with Crippen LogP contribution in [0.5, 0.6) is 0 Å². The number of nitrogens with two attached hydrogens (primary N) is 1. The van der Waals surface area contributed by atoms with Crippen LogP contribution in [-0.2, 0) is 22.7 Å². The summed E-state index contributed by atoms with van der Waals surface area (Å²) < 4.78 is 1.17. The summed E-state index contributed by atoms with van der Waals surface area (Å²) in [6, 6.07) is 16.5. The van der Waals surface area contributed by atoms with Crippen LogP contribution in [0.3, 0.4) is 0 Å². The van der Waals surface area contributed by atoms with Crippen molar-refractivity contribution in [3.05, 3.63) is 71.1 Å². The van der Waals surface area contributed by atoms with E-state index in [2.05, 4.69) is 22.8 Å². The number of carbonyl (C=O) groups excluding carboxylic acids is 3. The Labute approximate surface area is 233 Å². The van der Waals surface area contributed by atoms with Crippen molar-refractivity contribution >= 4 is 39.3 Å². The van der Waals surface area contributed by atoms with Gasteiger partial charge in [-0.05, 0) is 60.7 Å². The number of fused-ring (bicyclic) bond motifs is 2. The van der Waals surface area contributed by atoms with Gasteiger partial charge >= 0.3 is 6.03 Å². The van der Waals surface area contributed by atoms with Crippen LogP contribution in [-0.4, -0.2) is 76.0 Å². The Morgan fingerprint density at radius 3 is 2.59 bits per heavy atom. The third-order valence-corrected chi connectivity index (χ3v) is 8.72. The number of likely N-dealkylation sites (N-methyl/N-ethyl adjacent to an activating group) is 1. The molecule has 2 fully saturated rings. The first-order valence-corrected chi connectivity index (χ1v) is 14.4. The molecular formula is C29H36N6O3S. The molecule has 3 N–H and O–H groups in total. The fraction of sp³-hybridized carbons (Fsp3) is 0.414. The summed E-state index contributed by atoms with van der Waals surface area (Å²) in [4.78, 5) is 44.7. The molecule has 9 nitrogen and oxygen atoms in total. The van der Waals surface area contributed by atoms with Crippen LogP contribution in [0.25, 0.3) is 10.1 Å². The second-order valence-electron chi connectivity index (χ2n) is 10.3. The zero-order valence-corrected chi connectivity index (χ0v) is 23.3. The Bertz CT molecular complexity index is 1330. The number of rotatable bonds is 8. The van der Waals surface area contributed by atoms with Crippen molar-refractivity contribution in [2.24, 2.45) is 5.73 Å². The van der Waals surface area contributed by atoms with Gasteiger partial charge in [-0.3, -0.25) is 9.59 Å². The molecule has 2 aliphatic heterocycles. The van der Waals surface area contributed by atoms with E-state index in [1.54, 1.807) is 33.3 Å². The Balaban J connectivity index is 1.47. The third-order valence-electron chi connectivity index (χ3n) is 7.71. The average Bonchev–Trinajstić information content (AvgIpc) is 3.35. The van der Waals surface area contributed by atoms with Gasteiger partial charge in [-0.1, -0.05) is 48.5 Å². The van der Waals surface area contributed by atoms with Gasteiger partial charge in [-0.25, -0.2) is 14.8 Å². The second kappa shape index (κ2) is 11.7. The quantitative estimate of drug-likeness (QED) is 0.421. The molecule has 206 valence electrons. The summed E-state index contributed by atoms with van der Waals surface area (Å²) in [6.07, 6.45) is 1.37. The summed E-state index contributed by atoms with van der Waals surface area (Å²) in [5, 5.41) is 9.54. The molecule has 0 aliphatic carbocycles. The van der Waals surface area contributed by atoms with Crippen molar-refractivity contribution in [2.45, 2.75) is 57.5 Å². The fourth-order valence-electron chi connectivity index (χ4n) is 5.72. The number of hydrazine groups is 1. The maximum Gasteiger partial charge on any atom is 0.334 e. The van der Waals surface area contributed by atoms with Gasteiger partial charge in [0.1, 0.15) is 12.2 Å². The largest absolute Gasteiger partial charge is 0.334 e. The first kappa shape index (κ1) is 27.1. The number of unbranched alkanes of at least 4 members (excludes halogenated alkanes) is 1. The zero-order chi connectivity index (χ0) is 27.5. The third kappa shape index (κ3) is 5.36. The van der Waals surface area contributed by atoms with Crippen molar-refractivity contribution in [2.75, 3.05) is 20.1 Å². The Hall–Kier alpha value is -3.47. The molecule has 5 rings (SSSR count). The molecule has 10 heteroatoms. The Morgan fingerprint density at radius 1 is 1.08 bits per heavy atom. The van der Waals surface area contributed by atoms with Gasteiger partial charge in [0.05, 0.1) is 12.6 Å². The van der Waals surface area contributed by atoms with Gasteiger partial charge in [0.25, 0.3) is 0 Å². The minimum absolute atomic E-state index is 0.0256. The number of amides is 4. The molecular weight excluding hydrogens is 512 g/mol. The number of urea groups is 1. The van der Waals surface area contributed by atoms with E-state index in [-0.39, 0.29) is 24.4 Å². The molecule has 0 bridgehead atoms. The van der Waals surface area contributed by atoms with Crippen LogP contribution >= 0.6 is 11.3 Å². The molecule has 0 saturated carbocycles. The van der Waals surface area contributed by atoms with E-state index < -0.39 is 18.2 Å². The lowest BCUT2D eigenvalue weighted by molar-refractivity contribution is -0.196. The molecule has 3 heterocycles. The van der Waals surface area contributed by atoms with Crippen molar-refractivity contribution < 1.29 is 14.4 Å². The molecule has 1 aromatic heterocycles. The van der Waals surface area contributed by atoms with E-state index in [0.717, 1.165) is 29.4 Å². The van der Waals surface area contributed by atoms with Crippen LogP contribution in [0, 0.1) is 0 Å². The van der Waals surface area contributed by atoms with Gasteiger partial charge in [0.15, 0.2) is 0 Å². The standard InChI is InChI=1S/C29H36N6O3S/c1-20-27-34(26(36)18-32(2)35(27)29(38)31-16-21-10-4-3-5-11-21)24(13-8-9-15-30)28(37)33(20)17-22-19-39-25-14-7-6-12-23(22)25/h3-7,10-12,14,19-20,24,27H,8-9,13,15-18,30H2,1-2H3,(H,31,38)/t20-,24-,27-/m0/s1. The summed E-state index contributed by atoms with van der Waals surface area (Å²) in [7, 11) is 1.75. The van der Waals surface area contributed by atoms with Gasteiger partial charge in [0.2, 0.25) is 11.8 Å². The first-order chi connectivity index (χ1) is 18.9. The van der Waals surface area contributed by atoms with Gasteiger partial charge in [-0.2, -0.15) is 0 Å². The van der Waals surface area contributed by atoms with E-state index in [1.165, 1.54) is 4.70 Å². The molecule has 2 aliphatic rings. The molecule has 2 saturated heterocycles. The minimum Gasteiger partial charge on any atom is -0.333 e. The smallest absolute Gasteiger partial charge is 0.333 e. The molecule has 2 aromatic carbocycles. The molecule has 39 heavy (non-hydrogen) atoms. The minimum atomic E-state index is -0.645. The normalized spacial score (nSPS) is 21.9. The van der Waals surface area contributed by atoms with Gasteiger partial charge in [-0.15, -0.1) is 11.3 Å². The molecule has 3 aromatic rings. The SMILES string of the molecule is C[C@H]1[C@H]2N(C(=O)CN(C)N2C(=O)NCc2ccccc2)[C@@H](CCCCN)C(=O)N1Cc1csc2ccccc12. The fourth-order valence-corrected chi connectivity index (χ4v) is 6.68. The number of carbonyl (C=O) groups is 3. The van der Waals surface area contributed by atoms with Crippen molar-refractivity contribution in [3.63, 3.8) is 0 Å². The number of thiophene rings is 1. The number of nitrogens with zero attached hydrogens (tertiary/aromatic N) is 4. The lowest BCUT2D eigenvalue weighted by Gasteiger charge is -2.57. The van der Waals surface area contributed by atoms with E-state index in [0.29, 0.717) is 26.1 Å². The highest BCUT2D eigenvalue weighted by Crippen LogP contribution is 2.35. The van der Waals surface area contributed by atoms with E-state index in [1.807, 2.05) is 54.3 Å². The Morgan fingerprint density at radius 2 is 1.82 bits per heavy atom. The van der Waals surface area contributed by atoms with E-state index >= 15 is 0 Å². The highest BCUT2D eigenvalue weighted by atomic mass is 32.1. The number of nitrogens with one attached hydrogen (secondary N) is 1. The van der Waals surface area contributed by atoms with Crippen LogP contribution in [0.1, 0.15) is 37.3 Å². The number of piperazine rings is 1. The van der Waals surface area contributed by atoms with Gasteiger partial charge in [0, 0.05) is 24.8 Å². The highest BCUT2D eigenvalue weighted by molar-refractivity contribution is 7.17. The molecule has 0 spiro atoms. The molecule has 4 amide bonds. The van der Waals surface area contributed by atoms with Crippen molar-refractivity contribution in [3.8, 4) is 0 Å². The summed E-state index contributed by atoms with van der Waals surface area (Å²) >= 11 is 1.66. The number of benzene rings is 2. The number of hydrogen-bond acceptors (Lipinski definition) is 6. The van der Waals surface area contributed by atoms with Crippen LogP contribution in [0.4, 0.5) is 4.79 Å². The van der Waals surface area contributed by atoms with Crippen LogP contribution < -0.4 is 11.1 Å². The zero-order valence-electron chi connectivity index (χ0n) is 22.5. The topological polar surface area (TPSA) is 102 Å². The maximum absolute atomic E-state index is 14.0. The molecule has 3 atom stereocenters. The van der Waals surface area contributed by atoms with Crippen LogP contribution in [0.2, 0.25) is 0 Å². The van der Waals surface area contributed by atoms with Crippen molar-refractivity contribution in [1.82, 2.24) is 25.1 Å². The molecule has 0 unspecified atom stereocenters. The predicted octanol–water partition coefficient (Wildman–Crippen LogP) is 3.36. The summed E-state index contributed by atoms with van der Waals surface area (Å²) in [5.74, 6) is -0.221. The lowest BCUT2D eigenvalue weighted by atomic mass is 9.96. The highest BCUT2D eigenvalue weighted by Gasteiger charge is 2.53. The van der Waals surface area contributed by atoms with E-state index in [4.69, 9.17) is 5.73 Å². The van der Waals surface area contributed by atoms with Gasteiger partial charge < -0.3 is 20.9 Å². The van der Waals surface area contributed by atoms with Crippen molar-refractivity contribution in [1.29, 1.82) is 0 Å². The summed E-state index contributed by atoms with van der Waals surface area (Å²) in [6.45, 7) is 3.26. The number of hydrogen-bond donors (Lipinski definition) is 2. The molecule has 0 radical (unpaired) electrons. The lowest BCUT2D eigenvalue weighted by Crippen LogP contribution is -2.78. The average molecular weight is 549 g/mol. The summed E-state index contributed by atoms with van der Waals surface area (Å²) in [5.41, 5.74) is 7.80. The van der Waals surface area contributed by atoms with E-state index in [9.17, 15) is 14.4 Å². The Kier molecular flexibility index (Phi) is 8.15. The van der Waals surface area contributed by atoms with Crippen LogP contribution in [0.15, 0.2) is 60.0 Å². The maximum atomic E-state index is 14.0. The monoisotopic (exact) mass is 548 g/mol. The predicted molar refractivity (Wildman–Crippen MR) is 152 cm³/mol. The second-order valence-corrected chi connectivity index (χ2v) is 11.2.